The number of nitrogens with zero attached hydrogens (tertiary/aromatic N) is 1. The Labute approximate surface area is 105 Å². The maximum absolute atomic E-state index is 5.73. The molecular formula is C13H16N2OS. The fourth-order valence-electron chi connectivity index (χ4n) is 1.58. The highest BCUT2D eigenvalue weighted by Gasteiger charge is 2.01. The lowest BCUT2D eigenvalue weighted by molar-refractivity contribution is 0.454. The summed E-state index contributed by atoms with van der Waals surface area (Å²) in [6, 6.07) is 8.04. The SMILES string of the molecule is Cc1coc(SCCCc2cccc(N)c2)n1. The summed E-state index contributed by atoms with van der Waals surface area (Å²) in [5, 5.41) is 0.759. The van der Waals surface area contributed by atoms with Crippen LogP contribution in [0.3, 0.4) is 0 Å². The summed E-state index contributed by atoms with van der Waals surface area (Å²) in [5.41, 5.74) is 8.78. The molecule has 0 bridgehead atoms. The normalized spacial score (nSPS) is 10.6. The van der Waals surface area contributed by atoms with Gasteiger partial charge in [-0.3, -0.25) is 0 Å². The lowest BCUT2D eigenvalue weighted by atomic mass is 10.1. The van der Waals surface area contributed by atoms with Gasteiger partial charge in [-0.25, -0.2) is 4.98 Å². The Bertz CT molecular complexity index is 482. The molecule has 3 nitrogen and oxygen atoms in total. The van der Waals surface area contributed by atoms with Crippen molar-refractivity contribution in [2.75, 3.05) is 11.5 Å². The molecule has 1 aromatic heterocycles. The smallest absolute Gasteiger partial charge is 0.255 e. The number of nitrogens with two attached hydrogens (primary N) is 1. The van der Waals surface area contributed by atoms with Gasteiger partial charge in [-0.05, 0) is 37.5 Å². The van der Waals surface area contributed by atoms with Gasteiger partial charge in [0.2, 0.25) is 0 Å². The van der Waals surface area contributed by atoms with Crippen molar-refractivity contribution in [1.82, 2.24) is 4.98 Å². The lowest BCUT2D eigenvalue weighted by Gasteiger charge is -2.01. The third kappa shape index (κ3) is 3.82. The Kier molecular flexibility index (Phi) is 4.09. The molecule has 0 radical (unpaired) electrons. The molecule has 1 heterocycles. The van der Waals surface area contributed by atoms with E-state index >= 15 is 0 Å². The van der Waals surface area contributed by atoms with Crippen molar-refractivity contribution in [3.05, 3.63) is 41.8 Å². The summed E-state index contributed by atoms with van der Waals surface area (Å²) >= 11 is 1.66. The third-order valence-electron chi connectivity index (χ3n) is 2.38. The quantitative estimate of drug-likeness (QED) is 0.501. The van der Waals surface area contributed by atoms with E-state index in [4.69, 9.17) is 10.2 Å². The number of oxazole rings is 1. The van der Waals surface area contributed by atoms with Crippen molar-refractivity contribution in [3.8, 4) is 0 Å². The first-order valence-electron chi connectivity index (χ1n) is 5.63. The van der Waals surface area contributed by atoms with E-state index in [1.807, 2.05) is 25.1 Å². The number of aromatic nitrogens is 1. The molecule has 0 spiro atoms. The van der Waals surface area contributed by atoms with Crippen LogP contribution in [0.2, 0.25) is 0 Å². The van der Waals surface area contributed by atoms with E-state index < -0.39 is 0 Å². The summed E-state index contributed by atoms with van der Waals surface area (Å²) < 4.78 is 5.27. The van der Waals surface area contributed by atoms with Gasteiger partial charge in [-0.15, -0.1) is 0 Å². The topological polar surface area (TPSA) is 52.0 Å². The number of anilines is 1. The number of nitrogen functional groups attached to an aromatic ring is 1. The predicted molar refractivity (Wildman–Crippen MR) is 71.1 cm³/mol. The van der Waals surface area contributed by atoms with Crippen molar-refractivity contribution in [3.63, 3.8) is 0 Å². The number of hydrogen-bond acceptors (Lipinski definition) is 4. The molecule has 0 aliphatic rings. The van der Waals surface area contributed by atoms with Gasteiger partial charge in [0.15, 0.2) is 0 Å². The second kappa shape index (κ2) is 5.77. The molecule has 2 rings (SSSR count). The molecule has 0 aliphatic heterocycles. The molecule has 0 saturated heterocycles. The van der Waals surface area contributed by atoms with E-state index in [1.54, 1.807) is 18.0 Å². The zero-order chi connectivity index (χ0) is 12.1. The van der Waals surface area contributed by atoms with Crippen LogP contribution in [-0.4, -0.2) is 10.7 Å². The first kappa shape index (κ1) is 12.0. The molecule has 0 unspecified atom stereocenters. The Morgan fingerprint density at radius 3 is 3.00 bits per heavy atom. The second-order valence-corrected chi connectivity index (χ2v) is 5.00. The minimum Gasteiger partial charge on any atom is -0.440 e. The molecule has 2 aromatic rings. The summed E-state index contributed by atoms with van der Waals surface area (Å²) in [6.07, 6.45) is 3.81. The van der Waals surface area contributed by atoms with Crippen molar-refractivity contribution in [1.29, 1.82) is 0 Å². The van der Waals surface area contributed by atoms with E-state index in [-0.39, 0.29) is 0 Å². The van der Waals surface area contributed by atoms with E-state index in [9.17, 15) is 0 Å². The van der Waals surface area contributed by atoms with Gasteiger partial charge in [0, 0.05) is 11.4 Å². The van der Waals surface area contributed by atoms with Crippen LogP contribution in [0.5, 0.6) is 0 Å². The van der Waals surface area contributed by atoms with Gasteiger partial charge >= 0.3 is 0 Å². The van der Waals surface area contributed by atoms with Crippen molar-refractivity contribution < 1.29 is 4.42 Å². The maximum atomic E-state index is 5.73. The molecular weight excluding hydrogens is 232 g/mol. The van der Waals surface area contributed by atoms with Crippen LogP contribution >= 0.6 is 11.8 Å². The van der Waals surface area contributed by atoms with Gasteiger partial charge in [-0.1, -0.05) is 23.9 Å². The minimum absolute atomic E-state index is 0.759. The predicted octanol–water partition coefficient (Wildman–Crippen LogP) is 3.29. The average molecular weight is 248 g/mol. The van der Waals surface area contributed by atoms with E-state index in [2.05, 4.69) is 11.1 Å². The van der Waals surface area contributed by atoms with Gasteiger partial charge < -0.3 is 10.2 Å². The van der Waals surface area contributed by atoms with E-state index in [0.717, 1.165) is 35.2 Å². The third-order valence-corrected chi connectivity index (χ3v) is 3.31. The van der Waals surface area contributed by atoms with Crippen LogP contribution in [0.25, 0.3) is 0 Å². The Hall–Kier alpha value is -1.42. The first-order chi connectivity index (χ1) is 8.24. The van der Waals surface area contributed by atoms with Gasteiger partial charge in [0.1, 0.15) is 6.26 Å². The molecule has 1 aromatic carbocycles. The Morgan fingerprint density at radius 2 is 2.29 bits per heavy atom. The standard InChI is InChI=1S/C13H16N2OS/c1-10-9-16-13(15-10)17-7-3-5-11-4-2-6-12(14)8-11/h2,4,6,8-9H,3,5,7,14H2,1H3. The lowest BCUT2D eigenvalue weighted by Crippen LogP contribution is -1.90. The van der Waals surface area contributed by atoms with Gasteiger partial charge in [0.25, 0.3) is 5.22 Å². The van der Waals surface area contributed by atoms with Crippen molar-refractivity contribution >= 4 is 17.4 Å². The highest BCUT2D eigenvalue weighted by molar-refractivity contribution is 7.99. The van der Waals surface area contributed by atoms with Gasteiger partial charge in [0.05, 0.1) is 5.69 Å². The Balaban J connectivity index is 1.73. The number of thioether (sulfide) groups is 1. The molecule has 2 N–H and O–H groups in total. The highest BCUT2D eigenvalue weighted by atomic mass is 32.2. The number of aryl methyl sites for hydroxylation is 2. The average Bonchev–Trinajstić information content (AvgIpc) is 2.71. The molecule has 0 aliphatic carbocycles. The molecule has 4 heteroatoms. The number of rotatable bonds is 5. The monoisotopic (exact) mass is 248 g/mol. The highest BCUT2D eigenvalue weighted by Crippen LogP contribution is 2.18. The molecule has 0 saturated carbocycles. The fourth-order valence-corrected chi connectivity index (χ4v) is 2.37. The fraction of sp³-hybridized carbons (Fsp3) is 0.308. The number of hydrogen-bond donors (Lipinski definition) is 1. The summed E-state index contributed by atoms with van der Waals surface area (Å²) in [5.74, 6) is 1.01. The van der Waals surface area contributed by atoms with Crippen LogP contribution < -0.4 is 5.73 Å². The van der Waals surface area contributed by atoms with Crippen molar-refractivity contribution in [2.24, 2.45) is 0 Å². The molecule has 0 atom stereocenters. The first-order valence-corrected chi connectivity index (χ1v) is 6.62. The zero-order valence-corrected chi connectivity index (χ0v) is 10.7. The molecule has 17 heavy (non-hydrogen) atoms. The minimum atomic E-state index is 0.759. The van der Waals surface area contributed by atoms with Gasteiger partial charge in [-0.2, -0.15) is 0 Å². The number of benzene rings is 1. The van der Waals surface area contributed by atoms with Crippen LogP contribution in [0.4, 0.5) is 5.69 Å². The van der Waals surface area contributed by atoms with Crippen LogP contribution in [0, 0.1) is 6.92 Å². The second-order valence-electron chi connectivity index (χ2n) is 3.95. The Morgan fingerprint density at radius 1 is 1.41 bits per heavy atom. The van der Waals surface area contributed by atoms with Crippen LogP contribution in [-0.2, 0) is 6.42 Å². The van der Waals surface area contributed by atoms with Crippen LogP contribution in [0.1, 0.15) is 17.7 Å². The van der Waals surface area contributed by atoms with Crippen LogP contribution in [0.15, 0.2) is 40.2 Å². The molecule has 0 fully saturated rings. The summed E-state index contributed by atoms with van der Waals surface area (Å²) in [4.78, 5) is 4.25. The largest absolute Gasteiger partial charge is 0.440 e. The van der Waals surface area contributed by atoms with E-state index in [1.165, 1.54) is 5.56 Å². The molecule has 90 valence electrons. The molecule has 0 amide bonds. The summed E-state index contributed by atoms with van der Waals surface area (Å²) in [6.45, 7) is 1.93. The summed E-state index contributed by atoms with van der Waals surface area (Å²) in [7, 11) is 0. The zero-order valence-electron chi connectivity index (χ0n) is 9.85. The maximum Gasteiger partial charge on any atom is 0.255 e. The van der Waals surface area contributed by atoms with E-state index in [0.29, 0.717) is 0 Å². The van der Waals surface area contributed by atoms with Crippen molar-refractivity contribution in [2.45, 2.75) is 25.0 Å².